The van der Waals surface area contributed by atoms with Crippen molar-refractivity contribution >= 4 is 17.4 Å². The van der Waals surface area contributed by atoms with Crippen LogP contribution in [-0.4, -0.2) is 17.4 Å². The van der Waals surface area contributed by atoms with Crippen molar-refractivity contribution in [2.45, 2.75) is 47.1 Å². The Morgan fingerprint density at radius 1 is 1.27 bits per heavy atom. The van der Waals surface area contributed by atoms with Crippen molar-refractivity contribution in [3.63, 3.8) is 0 Å². The predicted octanol–water partition coefficient (Wildman–Crippen LogP) is 4.47. The van der Waals surface area contributed by atoms with Gasteiger partial charge in [0.2, 0.25) is 5.91 Å². The van der Waals surface area contributed by atoms with Crippen molar-refractivity contribution in [3.8, 4) is 0 Å². The molecule has 0 bridgehead atoms. The number of hydrogen-bond acceptors (Lipinski definition) is 3. The number of halogens is 1. The van der Waals surface area contributed by atoms with Gasteiger partial charge in [-0.25, -0.2) is 9.37 Å². The average molecular weight is 355 g/mol. The van der Waals surface area contributed by atoms with Crippen molar-refractivity contribution < 1.29 is 9.18 Å². The van der Waals surface area contributed by atoms with E-state index in [-0.39, 0.29) is 17.1 Å². The number of aryl methyl sites for hydroxylation is 1. The number of nitrogens with zero attached hydrogens (tertiary/aromatic N) is 2. The van der Waals surface area contributed by atoms with Crippen molar-refractivity contribution in [3.05, 3.63) is 53.0 Å². The minimum atomic E-state index is -0.176. The van der Waals surface area contributed by atoms with Gasteiger partial charge in [0.05, 0.1) is 11.9 Å². The third kappa shape index (κ3) is 4.40. The quantitative estimate of drug-likeness (QED) is 0.884. The van der Waals surface area contributed by atoms with E-state index in [1.165, 1.54) is 6.07 Å². The molecule has 0 unspecified atom stereocenters. The molecule has 0 fully saturated rings. The summed E-state index contributed by atoms with van der Waals surface area (Å²) in [7, 11) is 0. The lowest BCUT2D eigenvalue weighted by molar-refractivity contribution is -0.117. The topological polar surface area (TPSA) is 45.2 Å². The van der Waals surface area contributed by atoms with Gasteiger partial charge in [0.25, 0.3) is 0 Å². The summed E-state index contributed by atoms with van der Waals surface area (Å²) < 4.78 is 13.4. The molecule has 3 rings (SSSR count). The van der Waals surface area contributed by atoms with Gasteiger partial charge >= 0.3 is 0 Å². The lowest BCUT2D eigenvalue weighted by Crippen LogP contribution is -2.30. The van der Waals surface area contributed by atoms with E-state index < -0.39 is 0 Å². The first kappa shape index (κ1) is 18.4. The van der Waals surface area contributed by atoms with E-state index in [1.54, 1.807) is 12.3 Å². The lowest BCUT2D eigenvalue weighted by atomic mass is 9.92. The van der Waals surface area contributed by atoms with Gasteiger partial charge in [-0.15, -0.1) is 0 Å². The molecule has 0 saturated carbocycles. The summed E-state index contributed by atoms with van der Waals surface area (Å²) in [6.45, 7) is 9.64. The molecule has 26 heavy (non-hydrogen) atoms. The Kier molecular flexibility index (Phi) is 4.99. The highest BCUT2D eigenvalue weighted by molar-refractivity contribution is 5.91. The van der Waals surface area contributed by atoms with E-state index in [0.29, 0.717) is 12.2 Å². The number of nitrogens with one attached hydrogen (secondary N) is 1. The van der Waals surface area contributed by atoms with Crippen LogP contribution in [0.3, 0.4) is 0 Å². The molecule has 1 N–H and O–H groups in total. The van der Waals surface area contributed by atoms with E-state index in [1.807, 2.05) is 39.8 Å². The first-order valence-corrected chi connectivity index (χ1v) is 9.00. The fourth-order valence-corrected chi connectivity index (χ4v) is 3.26. The van der Waals surface area contributed by atoms with Crippen LogP contribution in [0.25, 0.3) is 0 Å². The number of carbonyl (C=O) groups is 1. The van der Waals surface area contributed by atoms with Crippen LogP contribution in [0.4, 0.5) is 15.9 Å². The molecule has 1 amide bonds. The maximum atomic E-state index is 13.4. The number of anilines is 2. The molecule has 4 nitrogen and oxygen atoms in total. The van der Waals surface area contributed by atoms with Crippen LogP contribution >= 0.6 is 0 Å². The standard InChI is InChI=1S/C21H26FN3O/c1-14-9-18(12-23-20(14)24-19(26)11-21(2,3)4)25-8-7-15-10-17(22)6-5-16(15)13-25/h5-6,9-10,12H,7-8,11,13H2,1-4H3,(H,23,24,26). The molecule has 138 valence electrons. The van der Waals surface area contributed by atoms with Gasteiger partial charge in [0.15, 0.2) is 0 Å². The van der Waals surface area contributed by atoms with Crippen LogP contribution in [-0.2, 0) is 17.8 Å². The van der Waals surface area contributed by atoms with E-state index in [9.17, 15) is 9.18 Å². The fourth-order valence-electron chi connectivity index (χ4n) is 3.26. The Morgan fingerprint density at radius 3 is 2.73 bits per heavy atom. The summed E-state index contributed by atoms with van der Waals surface area (Å²) in [4.78, 5) is 18.8. The second-order valence-corrected chi connectivity index (χ2v) is 8.23. The van der Waals surface area contributed by atoms with E-state index in [4.69, 9.17) is 0 Å². The van der Waals surface area contributed by atoms with Crippen molar-refractivity contribution in [1.29, 1.82) is 0 Å². The van der Waals surface area contributed by atoms with Crippen LogP contribution in [0.15, 0.2) is 30.5 Å². The van der Waals surface area contributed by atoms with E-state index in [0.717, 1.165) is 41.9 Å². The highest BCUT2D eigenvalue weighted by Gasteiger charge is 2.19. The Morgan fingerprint density at radius 2 is 2.04 bits per heavy atom. The summed E-state index contributed by atoms with van der Waals surface area (Å²) in [6.07, 6.45) is 3.07. The van der Waals surface area contributed by atoms with Gasteiger partial charge in [0, 0.05) is 19.5 Å². The largest absolute Gasteiger partial charge is 0.366 e. The number of aromatic nitrogens is 1. The Bertz CT molecular complexity index is 826. The molecule has 0 saturated heterocycles. The van der Waals surface area contributed by atoms with Gasteiger partial charge in [-0.1, -0.05) is 26.8 Å². The molecule has 1 aliphatic heterocycles. The van der Waals surface area contributed by atoms with Crippen LogP contribution in [0, 0.1) is 18.2 Å². The maximum Gasteiger partial charge on any atom is 0.226 e. The zero-order chi connectivity index (χ0) is 18.9. The summed E-state index contributed by atoms with van der Waals surface area (Å²) in [5.74, 6) is 0.419. The molecule has 1 aliphatic rings. The van der Waals surface area contributed by atoms with Gasteiger partial charge in [0.1, 0.15) is 11.6 Å². The molecule has 5 heteroatoms. The van der Waals surface area contributed by atoms with Crippen LogP contribution in [0.2, 0.25) is 0 Å². The van der Waals surface area contributed by atoms with Crippen molar-refractivity contribution in [2.75, 3.05) is 16.8 Å². The predicted molar refractivity (Wildman–Crippen MR) is 103 cm³/mol. The fraction of sp³-hybridized carbons (Fsp3) is 0.429. The molecule has 2 aromatic rings. The summed E-state index contributed by atoms with van der Waals surface area (Å²) in [5.41, 5.74) is 4.13. The number of fused-ring (bicyclic) bond motifs is 1. The van der Waals surface area contributed by atoms with Crippen LogP contribution in [0.5, 0.6) is 0 Å². The van der Waals surface area contributed by atoms with Gasteiger partial charge in [-0.05, 0) is 53.6 Å². The van der Waals surface area contributed by atoms with Gasteiger partial charge < -0.3 is 10.2 Å². The third-order valence-corrected chi connectivity index (χ3v) is 4.56. The molecule has 0 aliphatic carbocycles. The number of rotatable bonds is 3. The van der Waals surface area contributed by atoms with E-state index in [2.05, 4.69) is 15.2 Å². The van der Waals surface area contributed by atoms with Crippen LogP contribution < -0.4 is 10.2 Å². The second kappa shape index (κ2) is 7.06. The van der Waals surface area contributed by atoms with Gasteiger partial charge in [-0.3, -0.25) is 4.79 Å². The Balaban J connectivity index is 1.72. The second-order valence-electron chi connectivity index (χ2n) is 8.23. The average Bonchev–Trinajstić information content (AvgIpc) is 2.54. The zero-order valence-corrected chi connectivity index (χ0v) is 15.9. The molecule has 0 atom stereocenters. The van der Waals surface area contributed by atoms with Gasteiger partial charge in [-0.2, -0.15) is 0 Å². The first-order chi connectivity index (χ1) is 12.2. The molecule has 1 aromatic heterocycles. The molecule has 1 aromatic carbocycles. The minimum absolute atomic E-state index is 0.0187. The number of hydrogen-bond donors (Lipinski definition) is 1. The number of amides is 1. The molecular formula is C21H26FN3O. The zero-order valence-electron chi connectivity index (χ0n) is 15.9. The summed E-state index contributed by atoms with van der Waals surface area (Å²) in [5, 5.41) is 2.91. The summed E-state index contributed by atoms with van der Waals surface area (Å²) >= 11 is 0. The highest BCUT2D eigenvalue weighted by Crippen LogP contribution is 2.27. The van der Waals surface area contributed by atoms with Crippen molar-refractivity contribution in [1.82, 2.24) is 4.98 Å². The third-order valence-electron chi connectivity index (χ3n) is 4.56. The first-order valence-electron chi connectivity index (χ1n) is 9.00. The smallest absolute Gasteiger partial charge is 0.226 e. The number of carbonyl (C=O) groups excluding carboxylic acids is 1. The SMILES string of the molecule is Cc1cc(N2CCc3cc(F)ccc3C2)cnc1NC(=O)CC(C)(C)C. The number of benzene rings is 1. The molecule has 0 radical (unpaired) electrons. The number of pyridine rings is 1. The Hall–Kier alpha value is -2.43. The monoisotopic (exact) mass is 355 g/mol. The molecule has 0 spiro atoms. The van der Waals surface area contributed by atoms with Crippen LogP contribution in [0.1, 0.15) is 43.9 Å². The normalized spacial score (nSPS) is 14.1. The highest BCUT2D eigenvalue weighted by atomic mass is 19.1. The Labute approximate surface area is 154 Å². The van der Waals surface area contributed by atoms with E-state index >= 15 is 0 Å². The lowest BCUT2D eigenvalue weighted by Gasteiger charge is -2.31. The minimum Gasteiger partial charge on any atom is -0.366 e. The molecule has 2 heterocycles. The summed E-state index contributed by atoms with van der Waals surface area (Å²) in [6, 6.07) is 7.05. The van der Waals surface area contributed by atoms with Crippen molar-refractivity contribution in [2.24, 2.45) is 5.41 Å². The maximum absolute atomic E-state index is 13.4. The molecular weight excluding hydrogens is 329 g/mol.